The normalized spacial score (nSPS) is 13.4. The molecule has 1 aliphatic rings. The summed E-state index contributed by atoms with van der Waals surface area (Å²) in [6.45, 7) is 0. The van der Waals surface area contributed by atoms with E-state index in [1.807, 2.05) is 0 Å². The average Bonchev–Trinajstić information content (AvgIpc) is 2.76. The fourth-order valence-corrected chi connectivity index (χ4v) is 3.32. The molecule has 1 aromatic heterocycles. The van der Waals surface area contributed by atoms with E-state index in [-0.39, 0.29) is 0 Å². The highest BCUT2D eigenvalue weighted by Gasteiger charge is 2.19. The van der Waals surface area contributed by atoms with Crippen LogP contribution >= 0.6 is 15.9 Å². The molecule has 0 saturated heterocycles. The molecular weight excluding hydrogens is 286 g/mol. The maximum absolute atomic E-state index is 3.58. The summed E-state index contributed by atoms with van der Waals surface area (Å²) in [5.74, 6) is 0. The maximum atomic E-state index is 3.58. The topological polar surface area (TPSA) is 15.8 Å². The second kappa shape index (κ2) is 3.72. The van der Waals surface area contributed by atoms with Crippen LogP contribution in [0.4, 0.5) is 0 Å². The second-order valence-electron chi connectivity index (χ2n) is 4.83. The zero-order valence-corrected chi connectivity index (χ0v) is 11.4. The number of fused-ring (bicyclic) bond motifs is 5. The van der Waals surface area contributed by atoms with Gasteiger partial charge in [0.25, 0.3) is 0 Å². The predicted octanol–water partition coefficient (Wildman–Crippen LogP) is 4.70. The summed E-state index contributed by atoms with van der Waals surface area (Å²) >= 11 is 3.54. The highest BCUT2D eigenvalue weighted by Crippen LogP contribution is 2.37. The molecule has 0 atom stereocenters. The molecule has 0 radical (unpaired) electrons. The molecule has 0 amide bonds. The first-order chi connectivity index (χ1) is 8.83. The smallest absolute Gasteiger partial charge is 0.0500 e. The van der Waals surface area contributed by atoms with Gasteiger partial charge in [-0.25, -0.2) is 0 Å². The summed E-state index contributed by atoms with van der Waals surface area (Å²) in [6.07, 6.45) is 2.28. The lowest BCUT2D eigenvalue weighted by molar-refractivity contribution is 0.948. The van der Waals surface area contributed by atoms with E-state index in [4.69, 9.17) is 0 Å². The summed E-state index contributed by atoms with van der Waals surface area (Å²) in [5.41, 5.74) is 6.83. The van der Waals surface area contributed by atoms with E-state index in [2.05, 4.69) is 63.4 Å². The third-order valence-corrected chi connectivity index (χ3v) is 4.29. The van der Waals surface area contributed by atoms with Gasteiger partial charge in [-0.05, 0) is 36.1 Å². The lowest BCUT2D eigenvalue weighted by atomic mass is 9.89. The molecule has 2 aromatic carbocycles. The molecule has 2 heteroatoms. The van der Waals surface area contributed by atoms with E-state index in [0.717, 1.165) is 17.3 Å². The van der Waals surface area contributed by atoms with Crippen molar-refractivity contribution in [1.29, 1.82) is 0 Å². The number of H-pyrrole nitrogens is 1. The van der Waals surface area contributed by atoms with Crippen molar-refractivity contribution in [3.05, 3.63) is 58.1 Å². The van der Waals surface area contributed by atoms with E-state index in [9.17, 15) is 0 Å². The van der Waals surface area contributed by atoms with Crippen molar-refractivity contribution >= 4 is 26.8 Å². The number of aromatic nitrogens is 1. The molecule has 88 valence electrons. The Hall–Kier alpha value is -1.54. The van der Waals surface area contributed by atoms with Gasteiger partial charge in [0.05, 0.1) is 0 Å². The molecular formula is C16H12BrN. The molecule has 18 heavy (non-hydrogen) atoms. The molecule has 0 bridgehead atoms. The number of hydrogen-bond acceptors (Lipinski definition) is 0. The van der Waals surface area contributed by atoms with Gasteiger partial charge in [0.2, 0.25) is 0 Å². The third kappa shape index (κ3) is 1.39. The number of aromatic amines is 1. The van der Waals surface area contributed by atoms with Gasteiger partial charge in [0.1, 0.15) is 0 Å². The van der Waals surface area contributed by atoms with Crippen LogP contribution in [0.2, 0.25) is 0 Å². The maximum Gasteiger partial charge on any atom is 0.0500 e. The van der Waals surface area contributed by atoms with Gasteiger partial charge >= 0.3 is 0 Å². The number of nitrogens with one attached hydrogen (secondary N) is 1. The van der Waals surface area contributed by atoms with Crippen molar-refractivity contribution in [2.24, 2.45) is 0 Å². The minimum absolute atomic E-state index is 1.13. The summed E-state index contributed by atoms with van der Waals surface area (Å²) in [6, 6.07) is 15.2. The Morgan fingerprint density at radius 1 is 1.00 bits per heavy atom. The molecule has 1 nitrogen and oxygen atoms in total. The van der Waals surface area contributed by atoms with E-state index >= 15 is 0 Å². The Bertz CT molecular complexity index is 755. The summed E-state index contributed by atoms with van der Waals surface area (Å²) in [7, 11) is 0. The lowest BCUT2D eigenvalue weighted by Crippen LogP contribution is -2.02. The largest absolute Gasteiger partial charge is 0.354 e. The molecule has 4 rings (SSSR count). The second-order valence-corrected chi connectivity index (χ2v) is 5.74. The highest BCUT2D eigenvalue weighted by molar-refractivity contribution is 9.10. The number of rotatable bonds is 0. The van der Waals surface area contributed by atoms with Gasteiger partial charge in [-0.2, -0.15) is 0 Å². The van der Waals surface area contributed by atoms with Gasteiger partial charge in [0, 0.05) is 26.6 Å². The standard InChI is InChI=1S/C16H12BrN/c17-11-6-8-13-14-7-5-10-3-1-2-4-12(10)16(14)18-15(13)9-11/h1-4,6,8-9,18H,5,7H2. The van der Waals surface area contributed by atoms with Gasteiger partial charge in [-0.1, -0.05) is 46.3 Å². The van der Waals surface area contributed by atoms with Crippen molar-refractivity contribution in [3.8, 4) is 11.3 Å². The van der Waals surface area contributed by atoms with Gasteiger partial charge in [-0.15, -0.1) is 0 Å². The highest BCUT2D eigenvalue weighted by atomic mass is 79.9. The number of halogens is 1. The summed E-state index contributed by atoms with van der Waals surface area (Å²) < 4.78 is 1.13. The zero-order chi connectivity index (χ0) is 12.1. The van der Waals surface area contributed by atoms with Crippen LogP contribution in [-0.2, 0) is 12.8 Å². The molecule has 0 saturated carbocycles. The van der Waals surface area contributed by atoms with Crippen LogP contribution in [0.25, 0.3) is 22.2 Å². The Balaban J connectivity index is 2.08. The molecule has 1 heterocycles. The van der Waals surface area contributed by atoms with Gasteiger partial charge in [-0.3, -0.25) is 0 Å². The first kappa shape index (κ1) is 10.4. The molecule has 0 unspecified atom stereocenters. The molecule has 0 spiro atoms. The van der Waals surface area contributed by atoms with Crippen molar-refractivity contribution < 1.29 is 0 Å². The van der Waals surface area contributed by atoms with Crippen LogP contribution in [0.15, 0.2) is 46.9 Å². The minimum Gasteiger partial charge on any atom is -0.354 e. The van der Waals surface area contributed by atoms with E-state index in [0.29, 0.717) is 0 Å². The third-order valence-electron chi connectivity index (χ3n) is 3.80. The number of hydrogen-bond donors (Lipinski definition) is 1. The van der Waals surface area contributed by atoms with E-state index in [1.54, 1.807) is 0 Å². The van der Waals surface area contributed by atoms with Crippen LogP contribution in [0.1, 0.15) is 11.1 Å². The van der Waals surface area contributed by atoms with Crippen LogP contribution in [0, 0.1) is 0 Å². The quantitative estimate of drug-likeness (QED) is 0.619. The molecule has 0 fully saturated rings. The van der Waals surface area contributed by atoms with Crippen LogP contribution in [-0.4, -0.2) is 4.98 Å². The van der Waals surface area contributed by atoms with E-state index < -0.39 is 0 Å². The Labute approximate surface area is 114 Å². The summed E-state index contributed by atoms with van der Waals surface area (Å²) in [4.78, 5) is 3.58. The Morgan fingerprint density at radius 2 is 1.89 bits per heavy atom. The van der Waals surface area contributed by atoms with Crippen LogP contribution in [0.5, 0.6) is 0 Å². The van der Waals surface area contributed by atoms with Gasteiger partial charge in [0.15, 0.2) is 0 Å². The fourth-order valence-electron chi connectivity index (χ4n) is 2.96. The minimum atomic E-state index is 1.13. The SMILES string of the molecule is Brc1ccc2c3c([nH]c2c1)-c1ccccc1CC3. The van der Waals surface area contributed by atoms with Gasteiger partial charge < -0.3 is 4.98 Å². The average molecular weight is 298 g/mol. The Morgan fingerprint density at radius 3 is 2.83 bits per heavy atom. The predicted molar refractivity (Wildman–Crippen MR) is 78.8 cm³/mol. The molecule has 1 aliphatic carbocycles. The summed E-state index contributed by atoms with van der Waals surface area (Å²) in [5, 5.41) is 1.36. The molecule has 3 aromatic rings. The first-order valence-corrected chi connectivity index (χ1v) is 7.00. The number of benzene rings is 2. The fraction of sp³-hybridized carbons (Fsp3) is 0.125. The van der Waals surface area contributed by atoms with Crippen molar-refractivity contribution in [2.45, 2.75) is 12.8 Å². The monoisotopic (exact) mass is 297 g/mol. The van der Waals surface area contributed by atoms with Crippen molar-refractivity contribution in [3.63, 3.8) is 0 Å². The van der Waals surface area contributed by atoms with E-state index in [1.165, 1.54) is 33.3 Å². The number of aryl methyl sites for hydroxylation is 2. The molecule has 0 aliphatic heterocycles. The van der Waals surface area contributed by atoms with Crippen molar-refractivity contribution in [1.82, 2.24) is 4.98 Å². The Kier molecular flexibility index (Phi) is 2.15. The molecule has 1 N–H and O–H groups in total. The van der Waals surface area contributed by atoms with Crippen molar-refractivity contribution in [2.75, 3.05) is 0 Å². The first-order valence-electron chi connectivity index (χ1n) is 6.21. The van der Waals surface area contributed by atoms with Crippen LogP contribution in [0.3, 0.4) is 0 Å². The van der Waals surface area contributed by atoms with Crippen LogP contribution < -0.4 is 0 Å². The zero-order valence-electron chi connectivity index (χ0n) is 9.83. The lowest BCUT2D eigenvalue weighted by Gasteiger charge is -2.16.